The van der Waals surface area contributed by atoms with Crippen LogP contribution >= 0.6 is 0 Å². The number of fused-ring (bicyclic) bond motifs is 3. The molecule has 1 aromatic heterocycles. The molecule has 0 unspecified atom stereocenters. The van der Waals surface area contributed by atoms with Crippen LogP contribution in [-0.2, 0) is 0 Å². The van der Waals surface area contributed by atoms with Gasteiger partial charge in [-0.15, -0.1) is 0 Å². The van der Waals surface area contributed by atoms with Gasteiger partial charge in [0.25, 0.3) is 0 Å². The van der Waals surface area contributed by atoms with Crippen molar-refractivity contribution >= 4 is 27.6 Å². The molecule has 0 N–H and O–H groups in total. The van der Waals surface area contributed by atoms with Crippen molar-refractivity contribution in [2.45, 2.75) is 0 Å². The Morgan fingerprint density at radius 1 is 0.870 bits per heavy atom. The second-order valence-electron chi connectivity index (χ2n) is 5.08. The molecule has 0 aliphatic carbocycles. The fourth-order valence-electron chi connectivity index (χ4n) is 2.59. The standard InChI is InChI=1S/C18H11NO4/c20-19(21)15-6-2-4-8-18(15)22-12-9-10-17-14(11-12)13-5-1-3-7-16(13)23-17/h1-11H. The van der Waals surface area contributed by atoms with Crippen molar-refractivity contribution in [3.05, 3.63) is 76.8 Å². The largest absolute Gasteiger partial charge is 0.456 e. The Balaban J connectivity index is 1.81. The van der Waals surface area contributed by atoms with E-state index < -0.39 is 4.92 Å². The van der Waals surface area contributed by atoms with E-state index in [1.165, 1.54) is 6.07 Å². The summed E-state index contributed by atoms with van der Waals surface area (Å²) in [4.78, 5) is 10.6. The molecule has 0 radical (unpaired) electrons. The highest BCUT2D eigenvalue weighted by Gasteiger charge is 2.15. The zero-order chi connectivity index (χ0) is 15.8. The Bertz CT molecular complexity index is 1040. The van der Waals surface area contributed by atoms with Gasteiger partial charge in [0.05, 0.1) is 4.92 Å². The third-order valence-corrected chi connectivity index (χ3v) is 3.64. The maximum absolute atomic E-state index is 11.1. The number of para-hydroxylation sites is 3. The number of rotatable bonds is 3. The zero-order valence-electron chi connectivity index (χ0n) is 11.9. The van der Waals surface area contributed by atoms with Crippen molar-refractivity contribution in [1.82, 2.24) is 0 Å². The second kappa shape index (κ2) is 5.14. The monoisotopic (exact) mass is 305 g/mol. The fourth-order valence-corrected chi connectivity index (χ4v) is 2.59. The maximum Gasteiger partial charge on any atom is 0.311 e. The Morgan fingerprint density at radius 2 is 1.61 bits per heavy atom. The zero-order valence-corrected chi connectivity index (χ0v) is 11.9. The van der Waals surface area contributed by atoms with E-state index in [4.69, 9.17) is 9.15 Å². The lowest BCUT2D eigenvalue weighted by molar-refractivity contribution is -0.385. The number of hydrogen-bond donors (Lipinski definition) is 0. The van der Waals surface area contributed by atoms with E-state index in [-0.39, 0.29) is 11.4 Å². The van der Waals surface area contributed by atoms with Crippen LogP contribution in [0.5, 0.6) is 11.5 Å². The van der Waals surface area contributed by atoms with E-state index in [0.717, 1.165) is 21.9 Å². The maximum atomic E-state index is 11.1. The number of ether oxygens (including phenoxy) is 1. The predicted molar refractivity (Wildman–Crippen MR) is 86.9 cm³/mol. The van der Waals surface area contributed by atoms with E-state index in [0.29, 0.717) is 5.75 Å². The van der Waals surface area contributed by atoms with Crippen molar-refractivity contribution < 1.29 is 14.1 Å². The molecule has 5 nitrogen and oxygen atoms in total. The number of furan rings is 1. The highest BCUT2D eigenvalue weighted by Crippen LogP contribution is 2.35. The molecule has 0 atom stereocenters. The third-order valence-electron chi connectivity index (χ3n) is 3.64. The topological polar surface area (TPSA) is 65.5 Å². The van der Waals surface area contributed by atoms with Crippen LogP contribution in [0.4, 0.5) is 5.69 Å². The first kappa shape index (κ1) is 13.3. The summed E-state index contributed by atoms with van der Waals surface area (Å²) in [6.45, 7) is 0. The minimum Gasteiger partial charge on any atom is -0.456 e. The molecule has 3 aromatic carbocycles. The Hall–Kier alpha value is -3.34. The third kappa shape index (κ3) is 2.28. The molecule has 0 bridgehead atoms. The summed E-state index contributed by atoms with van der Waals surface area (Å²) in [5, 5.41) is 13.0. The fraction of sp³-hybridized carbons (Fsp3) is 0. The molecule has 0 aliphatic heterocycles. The second-order valence-corrected chi connectivity index (χ2v) is 5.08. The van der Waals surface area contributed by atoms with Crippen LogP contribution in [0.3, 0.4) is 0 Å². The summed E-state index contributed by atoms with van der Waals surface area (Å²) < 4.78 is 11.5. The molecule has 0 fully saturated rings. The van der Waals surface area contributed by atoms with Crippen LogP contribution < -0.4 is 4.74 Å². The van der Waals surface area contributed by atoms with Gasteiger partial charge in [0.15, 0.2) is 0 Å². The lowest BCUT2D eigenvalue weighted by Gasteiger charge is -2.06. The molecule has 5 heteroatoms. The van der Waals surface area contributed by atoms with E-state index in [1.54, 1.807) is 30.3 Å². The van der Waals surface area contributed by atoms with E-state index in [9.17, 15) is 10.1 Å². The number of nitro groups is 1. The van der Waals surface area contributed by atoms with Crippen molar-refractivity contribution in [2.24, 2.45) is 0 Å². The minimum atomic E-state index is -0.457. The molecule has 0 aliphatic rings. The van der Waals surface area contributed by atoms with Gasteiger partial charge >= 0.3 is 5.69 Å². The summed E-state index contributed by atoms with van der Waals surface area (Å²) in [6, 6.07) is 19.4. The van der Waals surface area contributed by atoms with E-state index in [2.05, 4.69) is 0 Å². The molecule has 0 spiro atoms. The SMILES string of the molecule is O=[N+]([O-])c1ccccc1Oc1ccc2oc3ccccc3c2c1. The van der Waals surface area contributed by atoms with Gasteiger partial charge in [-0.05, 0) is 30.3 Å². The molecule has 0 saturated heterocycles. The van der Waals surface area contributed by atoms with Crippen LogP contribution in [0.15, 0.2) is 71.1 Å². The highest BCUT2D eigenvalue weighted by molar-refractivity contribution is 6.05. The molecular formula is C18H11NO4. The number of nitrogens with zero attached hydrogens (tertiary/aromatic N) is 1. The summed E-state index contributed by atoms with van der Waals surface area (Å²) in [5.41, 5.74) is 1.48. The Morgan fingerprint density at radius 3 is 2.48 bits per heavy atom. The molecular weight excluding hydrogens is 294 g/mol. The van der Waals surface area contributed by atoms with Gasteiger partial charge in [0, 0.05) is 16.8 Å². The van der Waals surface area contributed by atoms with Crippen LogP contribution in [0, 0.1) is 10.1 Å². The lowest BCUT2D eigenvalue weighted by Crippen LogP contribution is -1.92. The molecule has 0 amide bonds. The average molecular weight is 305 g/mol. The van der Waals surface area contributed by atoms with Crippen molar-refractivity contribution in [2.75, 3.05) is 0 Å². The average Bonchev–Trinajstić information content (AvgIpc) is 2.93. The molecule has 0 saturated carbocycles. The summed E-state index contributed by atoms with van der Waals surface area (Å²) in [6.07, 6.45) is 0. The quantitative estimate of drug-likeness (QED) is 0.381. The van der Waals surface area contributed by atoms with Gasteiger partial charge in [-0.1, -0.05) is 30.3 Å². The highest BCUT2D eigenvalue weighted by atomic mass is 16.6. The summed E-state index contributed by atoms with van der Waals surface area (Å²) in [5.74, 6) is 0.739. The van der Waals surface area contributed by atoms with Gasteiger partial charge in [-0.2, -0.15) is 0 Å². The smallest absolute Gasteiger partial charge is 0.311 e. The first-order valence-electron chi connectivity index (χ1n) is 7.05. The Kier molecular flexibility index (Phi) is 2.98. The summed E-state index contributed by atoms with van der Waals surface area (Å²) >= 11 is 0. The van der Waals surface area contributed by atoms with Crippen LogP contribution in [-0.4, -0.2) is 4.92 Å². The number of benzene rings is 3. The van der Waals surface area contributed by atoms with Crippen molar-refractivity contribution in [3.63, 3.8) is 0 Å². The normalized spacial score (nSPS) is 11.0. The molecule has 1 heterocycles. The number of nitro benzene ring substituents is 1. The molecule has 112 valence electrons. The predicted octanol–water partition coefficient (Wildman–Crippen LogP) is 5.29. The van der Waals surface area contributed by atoms with Crippen LogP contribution in [0.2, 0.25) is 0 Å². The molecule has 4 rings (SSSR count). The Labute approximate surface area is 130 Å². The first-order valence-corrected chi connectivity index (χ1v) is 7.05. The molecule has 4 aromatic rings. The number of hydrogen-bond acceptors (Lipinski definition) is 4. The van der Waals surface area contributed by atoms with Gasteiger partial charge in [0.1, 0.15) is 16.9 Å². The minimum absolute atomic E-state index is 0.0651. The summed E-state index contributed by atoms with van der Waals surface area (Å²) in [7, 11) is 0. The van der Waals surface area contributed by atoms with Crippen molar-refractivity contribution in [1.29, 1.82) is 0 Å². The van der Waals surface area contributed by atoms with E-state index >= 15 is 0 Å². The lowest BCUT2D eigenvalue weighted by atomic mass is 10.1. The van der Waals surface area contributed by atoms with Crippen molar-refractivity contribution in [3.8, 4) is 11.5 Å². The van der Waals surface area contributed by atoms with Gasteiger partial charge in [-0.25, -0.2) is 0 Å². The van der Waals surface area contributed by atoms with E-state index in [1.807, 2.05) is 30.3 Å². The van der Waals surface area contributed by atoms with Gasteiger partial charge in [-0.3, -0.25) is 10.1 Å². The van der Waals surface area contributed by atoms with Gasteiger partial charge < -0.3 is 9.15 Å². The van der Waals surface area contributed by atoms with Crippen LogP contribution in [0.1, 0.15) is 0 Å². The van der Waals surface area contributed by atoms with Crippen LogP contribution in [0.25, 0.3) is 21.9 Å². The first-order chi connectivity index (χ1) is 11.2. The van der Waals surface area contributed by atoms with Gasteiger partial charge in [0.2, 0.25) is 5.75 Å². The molecule has 23 heavy (non-hydrogen) atoms.